The summed E-state index contributed by atoms with van der Waals surface area (Å²) in [7, 11) is 0. The van der Waals surface area contributed by atoms with Crippen LogP contribution in [0.1, 0.15) is 34.7 Å². The first-order valence-electron chi connectivity index (χ1n) is 10.1. The van der Waals surface area contributed by atoms with Gasteiger partial charge in [-0.2, -0.15) is 28.1 Å². The molecule has 1 amide bonds. The van der Waals surface area contributed by atoms with Crippen LogP contribution >= 0.6 is 0 Å². The molecule has 1 aliphatic rings. The predicted molar refractivity (Wildman–Crippen MR) is 114 cm³/mol. The number of rotatable bonds is 3. The van der Waals surface area contributed by atoms with E-state index in [9.17, 15) is 18.0 Å². The number of aromatic nitrogens is 5. The predicted octanol–water partition coefficient (Wildman–Crippen LogP) is 4.53. The first-order valence-corrected chi connectivity index (χ1v) is 10.1. The molecule has 1 aliphatic heterocycles. The third kappa shape index (κ3) is 3.73. The minimum Gasteiger partial charge on any atom is -0.310 e. The Kier molecular flexibility index (Phi) is 4.92. The fraction of sp³-hybridized carbons (Fsp3) is 0.174. The molecule has 0 fully saturated rings. The van der Waals surface area contributed by atoms with Crippen molar-refractivity contribution in [1.82, 2.24) is 25.0 Å². The Morgan fingerprint density at radius 3 is 2.55 bits per heavy atom. The highest BCUT2D eigenvalue weighted by atomic mass is 19.4. The number of benzene rings is 2. The normalized spacial score (nSPS) is 15.8. The number of nitrogens with one attached hydrogen (secondary N) is 1. The van der Waals surface area contributed by atoms with E-state index >= 15 is 0 Å². The molecule has 0 radical (unpaired) electrons. The lowest BCUT2D eigenvalue weighted by atomic mass is 9.83. The standard InChI is InChI=1S/C23H17F3N6O/c1-13-20-16(15-9-5-6-10-17(15)23(24,25)26)11-19(33)29-21(20)32(31-13)22-28-18(12-27-30-22)14-7-3-2-4-8-14/h2-10,12,16H,11H2,1H3,(H,29,33)/t16-/m0/s1. The van der Waals surface area contributed by atoms with Crippen molar-refractivity contribution in [3.8, 4) is 17.2 Å². The van der Waals surface area contributed by atoms with Crippen LogP contribution in [-0.4, -0.2) is 30.9 Å². The van der Waals surface area contributed by atoms with Crippen LogP contribution in [0.4, 0.5) is 19.0 Å². The molecule has 0 bridgehead atoms. The first kappa shape index (κ1) is 20.8. The quantitative estimate of drug-likeness (QED) is 0.496. The Morgan fingerprint density at radius 1 is 1.06 bits per heavy atom. The van der Waals surface area contributed by atoms with Gasteiger partial charge in [-0.1, -0.05) is 48.5 Å². The largest absolute Gasteiger partial charge is 0.416 e. The third-order valence-electron chi connectivity index (χ3n) is 5.55. The van der Waals surface area contributed by atoms with Crippen LogP contribution in [0.2, 0.25) is 0 Å². The molecule has 0 spiro atoms. The van der Waals surface area contributed by atoms with E-state index in [0.717, 1.165) is 11.6 Å². The number of amides is 1. The van der Waals surface area contributed by atoms with Gasteiger partial charge in [0.15, 0.2) is 0 Å². The number of carbonyl (C=O) groups is 1. The summed E-state index contributed by atoms with van der Waals surface area (Å²) in [5.74, 6) is -0.883. The van der Waals surface area contributed by atoms with Crippen molar-refractivity contribution < 1.29 is 18.0 Å². The zero-order valence-electron chi connectivity index (χ0n) is 17.3. The highest BCUT2D eigenvalue weighted by Gasteiger charge is 2.39. The average Bonchev–Trinajstić information content (AvgIpc) is 3.15. The van der Waals surface area contributed by atoms with Crippen molar-refractivity contribution in [2.75, 3.05) is 5.32 Å². The molecular formula is C23H17F3N6O. The number of hydrogen-bond donors (Lipinski definition) is 1. The Balaban J connectivity index is 1.65. The van der Waals surface area contributed by atoms with E-state index in [1.807, 2.05) is 30.3 Å². The number of hydrogen-bond acceptors (Lipinski definition) is 5. The van der Waals surface area contributed by atoms with E-state index in [2.05, 4.69) is 25.6 Å². The Morgan fingerprint density at radius 2 is 1.79 bits per heavy atom. The van der Waals surface area contributed by atoms with Crippen LogP contribution in [0.3, 0.4) is 0 Å². The highest BCUT2D eigenvalue weighted by Crippen LogP contribution is 2.44. The van der Waals surface area contributed by atoms with Gasteiger partial charge in [0.05, 0.1) is 23.1 Å². The molecule has 2 aromatic heterocycles. The molecule has 2 aromatic carbocycles. The van der Waals surface area contributed by atoms with Crippen LogP contribution in [0.5, 0.6) is 0 Å². The summed E-state index contributed by atoms with van der Waals surface area (Å²) in [6, 6.07) is 14.6. The highest BCUT2D eigenvalue weighted by molar-refractivity contribution is 5.95. The monoisotopic (exact) mass is 450 g/mol. The van der Waals surface area contributed by atoms with Gasteiger partial charge in [-0.25, -0.2) is 4.98 Å². The molecule has 1 atom stereocenters. The Hall–Kier alpha value is -4.08. The van der Waals surface area contributed by atoms with Crippen molar-refractivity contribution in [2.45, 2.75) is 25.4 Å². The summed E-state index contributed by atoms with van der Waals surface area (Å²) >= 11 is 0. The van der Waals surface area contributed by atoms with Crippen LogP contribution in [-0.2, 0) is 11.0 Å². The molecule has 1 N–H and O–H groups in total. The van der Waals surface area contributed by atoms with Gasteiger partial charge in [0.2, 0.25) is 5.91 Å². The summed E-state index contributed by atoms with van der Waals surface area (Å²) in [6.07, 6.45) is -3.18. The number of alkyl halides is 3. The summed E-state index contributed by atoms with van der Waals surface area (Å²) in [5.41, 5.74) is 1.59. The number of carbonyl (C=O) groups excluding carboxylic acids is 1. The number of aryl methyl sites for hydroxylation is 1. The van der Waals surface area contributed by atoms with E-state index in [1.165, 1.54) is 29.1 Å². The van der Waals surface area contributed by atoms with Gasteiger partial charge in [0, 0.05) is 23.5 Å². The average molecular weight is 450 g/mol. The van der Waals surface area contributed by atoms with Gasteiger partial charge in [-0.15, -0.1) is 5.10 Å². The van der Waals surface area contributed by atoms with Crippen LogP contribution in [0.25, 0.3) is 17.2 Å². The van der Waals surface area contributed by atoms with E-state index in [-0.39, 0.29) is 23.8 Å². The minimum atomic E-state index is -4.55. The van der Waals surface area contributed by atoms with Gasteiger partial charge in [-0.05, 0) is 18.6 Å². The maximum atomic E-state index is 13.7. The van der Waals surface area contributed by atoms with Gasteiger partial charge < -0.3 is 5.32 Å². The second-order valence-corrected chi connectivity index (χ2v) is 7.66. The SMILES string of the molecule is Cc1nn(-c2nncc(-c3ccccc3)n2)c2c1[C@H](c1ccccc1C(F)(F)F)CC(=O)N2. The number of halogens is 3. The second kappa shape index (κ2) is 7.80. The number of nitrogens with zero attached hydrogens (tertiary/aromatic N) is 5. The summed E-state index contributed by atoms with van der Waals surface area (Å²) in [6.45, 7) is 1.69. The van der Waals surface area contributed by atoms with Crippen LogP contribution in [0.15, 0.2) is 60.8 Å². The molecule has 4 aromatic rings. The molecule has 0 saturated carbocycles. The molecule has 5 rings (SSSR count). The fourth-order valence-electron chi connectivity index (χ4n) is 4.15. The fourth-order valence-corrected chi connectivity index (χ4v) is 4.15. The van der Waals surface area contributed by atoms with Crippen molar-refractivity contribution in [3.63, 3.8) is 0 Å². The molecule has 10 heteroatoms. The van der Waals surface area contributed by atoms with Crippen molar-refractivity contribution in [2.24, 2.45) is 0 Å². The van der Waals surface area contributed by atoms with Gasteiger partial charge in [0.25, 0.3) is 5.95 Å². The molecule has 0 aliphatic carbocycles. The molecule has 0 saturated heterocycles. The Labute approximate surface area is 186 Å². The van der Waals surface area contributed by atoms with Crippen molar-refractivity contribution in [3.05, 3.63) is 83.2 Å². The van der Waals surface area contributed by atoms with Crippen LogP contribution in [0, 0.1) is 6.92 Å². The summed E-state index contributed by atoms with van der Waals surface area (Å²) < 4.78 is 42.4. The Bertz CT molecular complexity index is 1350. The second-order valence-electron chi connectivity index (χ2n) is 7.66. The van der Waals surface area contributed by atoms with E-state index in [4.69, 9.17) is 0 Å². The molecule has 0 unspecified atom stereocenters. The van der Waals surface area contributed by atoms with Crippen molar-refractivity contribution >= 4 is 11.7 Å². The zero-order chi connectivity index (χ0) is 23.2. The lowest BCUT2D eigenvalue weighted by Gasteiger charge is -2.26. The summed E-state index contributed by atoms with van der Waals surface area (Å²) in [5, 5.41) is 15.2. The zero-order valence-corrected chi connectivity index (χ0v) is 17.3. The summed E-state index contributed by atoms with van der Waals surface area (Å²) in [4.78, 5) is 17.1. The van der Waals surface area contributed by atoms with Gasteiger partial charge in [-0.3, -0.25) is 4.79 Å². The first-order chi connectivity index (χ1) is 15.8. The molecule has 3 heterocycles. The molecule has 7 nitrogen and oxygen atoms in total. The van der Waals surface area contributed by atoms with Gasteiger partial charge in [0.1, 0.15) is 5.82 Å². The molecular weight excluding hydrogens is 433 g/mol. The topological polar surface area (TPSA) is 85.6 Å². The van der Waals surface area contributed by atoms with E-state index < -0.39 is 23.6 Å². The van der Waals surface area contributed by atoms with Crippen molar-refractivity contribution in [1.29, 1.82) is 0 Å². The number of fused-ring (bicyclic) bond motifs is 1. The maximum Gasteiger partial charge on any atom is 0.416 e. The van der Waals surface area contributed by atoms with Crippen LogP contribution < -0.4 is 5.32 Å². The van der Waals surface area contributed by atoms with Gasteiger partial charge >= 0.3 is 6.18 Å². The molecule has 33 heavy (non-hydrogen) atoms. The third-order valence-corrected chi connectivity index (χ3v) is 5.55. The smallest absolute Gasteiger partial charge is 0.310 e. The lowest BCUT2D eigenvalue weighted by Crippen LogP contribution is -2.26. The molecule has 166 valence electrons. The lowest BCUT2D eigenvalue weighted by molar-refractivity contribution is -0.138. The van der Waals surface area contributed by atoms with E-state index in [1.54, 1.807) is 6.92 Å². The van der Waals surface area contributed by atoms with E-state index in [0.29, 0.717) is 17.0 Å². The minimum absolute atomic E-state index is 0.0285. The maximum absolute atomic E-state index is 13.7. The number of anilines is 1.